The summed E-state index contributed by atoms with van der Waals surface area (Å²) >= 11 is 0.762. The van der Waals surface area contributed by atoms with Crippen LogP contribution in [0.5, 0.6) is 17.2 Å². The summed E-state index contributed by atoms with van der Waals surface area (Å²) in [5.74, 6) is -2.09. The molecule has 1 aromatic heterocycles. The van der Waals surface area contributed by atoms with Gasteiger partial charge < -0.3 is 19.6 Å². The van der Waals surface area contributed by atoms with Crippen molar-refractivity contribution in [2.75, 3.05) is 6.29 Å². The zero-order chi connectivity index (χ0) is 22.8. The van der Waals surface area contributed by atoms with E-state index in [1.165, 1.54) is 30.3 Å². The second-order valence-electron chi connectivity index (χ2n) is 6.08. The number of hydrogen-bond donors (Lipinski definition) is 4. The van der Waals surface area contributed by atoms with E-state index in [-0.39, 0.29) is 26.8 Å². The van der Waals surface area contributed by atoms with Crippen molar-refractivity contribution in [3.63, 3.8) is 0 Å². The minimum Gasteiger partial charge on any atom is -0.504 e. The Kier molecular flexibility index (Phi) is 6.35. The largest absolute Gasteiger partial charge is 0.504 e. The molecule has 9 nitrogen and oxygen atoms in total. The molecule has 1 heterocycles. The van der Waals surface area contributed by atoms with E-state index in [4.69, 9.17) is 9.79 Å². The van der Waals surface area contributed by atoms with Crippen molar-refractivity contribution < 1.29 is 37.0 Å². The molecule has 1 atom stereocenters. The molecule has 0 fully saturated rings. The first kappa shape index (κ1) is 22.7. The third-order valence-electron chi connectivity index (χ3n) is 3.89. The van der Waals surface area contributed by atoms with E-state index in [1.807, 2.05) is 4.72 Å². The Labute approximate surface area is 180 Å². The first-order valence-corrected chi connectivity index (χ1v) is 12.4. The molecule has 0 aliphatic heterocycles. The summed E-state index contributed by atoms with van der Waals surface area (Å²) in [6, 6.07) is 11.3. The fourth-order valence-electron chi connectivity index (χ4n) is 2.42. The number of benzene rings is 2. The number of thiophene rings is 1. The Balaban J connectivity index is 1.73. The second kappa shape index (κ2) is 8.66. The lowest BCUT2D eigenvalue weighted by atomic mass is 10.1. The van der Waals surface area contributed by atoms with Gasteiger partial charge in [0.1, 0.15) is 28.1 Å². The van der Waals surface area contributed by atoms with Crippen LogP contribution < -0.4 is 9.25 Å². The number of phenols is 2. The minimum absolute atomic E-state index is 0.213. The normalized spacial score (nSPS) is 13.3. The summed E-state index contributed by atoms with van der Waals surface area (Å²) < 4.78 is 57.3. The third-order valence-corrected chi connectivity index (χ3v) is 8.17. The van der Waals surface area contributed by atoms with E-state index >= 15 is 0 Å². The molecule has 0 saturated carbocycles. The molecule has 13 heteroatoms. The summed E-state index contributed by atoms with van der Waals surface area (Å²) in [5.41, 5.74) is -0.0717. The SMILES string of the molecule is N#Cc1ccc(OP(=O)(O)CNS(=O)(=O)c2ccc(-c3cccc(O)c3O)s2)cc1F. The number of halogens is 1. The van der Waals surface area contributed by atoms with Crippen molar-refractivity contribution in [1.29, 1.82) is 5.26 Å². The maximum atomic E-state index is 13.6. The molecule has 4 N–H and O–H groups in total. The number of phenolic OH excluding ortho intramolecular Hbond substituents is 2. The summed E-state index contributed by atoms with van der Waals surface area (Å²) in [6.45, 7) is 0. The third kappa shape index (κ3) is 5.22. The van der Waals surface area contributed by atoms with Crippen LogP contribution in [-0.4, -0.2) is 29.8 Å². The van der Waals surface area contributed by atoms with Gasteiger partial charge in [-0.3, -0.25) is 0 Å². The highest BCUT2D eigenvalue weighted by Gasteiger charge is 2.27. The van der Waals surface area contributed by atoms with Crippen molar-refractivity contribution in [2.45, 2.75) is 4.21 Å². The van der Waals surface area contributed by atoms with Gasteiger partial charge in [-0.05, 0) is 36.4 Å². The van der Waals surface area contributed by atoms with Gasteiger partial charge in [-0.25, -0.2) is 17.4 Å². The smallest absolute Gasteiger partial charge is 0.391 e. The highest BCUT2D eigenvalue weighted by atomic mass is 32.2. The van der Waals surface area contributed by atoms with Crippen LogP contribution in [0.3, 0.4) is 0 Å². The van der Waals surface area contributed by atoms with Crippen LogP contribution in [0, 0.1) is 17.1 Å². The molecule has 2 aromatic carbocycles. The number of nitrogens with zero attached hydrogens (tertiary/aromatic N) is 1. The number of aromatic hydroxyl groups is 2. The van der Waals surface area contributed by atoms with E-state index in [2.05, 4.69) is 0 Å². The molecule has 0 spiro atoms. The predicted octanol–water partition coefficient (Wildman–Crippen LogP) is 3.34. The first-order valence-electron chi connectivity index (χ1n) is 8.34. The Morgan fingerprint density at radius 3 is 2.61 bits per heavy atom. The number of sulfonamides is 1. The van der Waals surface area contributed by atoms with Crippen LogP contribution in [0.2, 0.25) is 0 Å². The van der Waals surface area contributed by atoms with Crippen LogP contribution in [0.1, 0.15) is 5.56 Å². The zero-order valence-electron chi connectivity index (χ0n) is 15.4. The lowest BCUT2D eigenvalue weighted by Crippen LogP contribution is -2.25. The van der Waals surface area contributed by atoms with Gasteiger partial charge in [0, 0.05) is 16.5 Å². The van der Waals surface area contributed by atoms with E-state index in [0.29, 0.717) is 4.88 Å². The summed E-state index contributed by atoms with van der Waals surface area (Å²) in [7, 11) is -8.77. The van der Waals surface area contributed by atoms with E-state index in [1.54, 1.807) is 6.07 Å². The molecule has 1 unspecified atom stereocenters. The van der Waals surface area contributed by atoms with Crippen LogP contribution in [0.15, 0.2) is 52.7 Å². The summed E-state index contributed by atoms with van der Waals surface area (Å²) in [5, 5.41) is 28.2. The molecule has 0 aliphatic rings. The first-order chi connectivity index (χ1) is 14.5. The molecule has 0 aliphatic carbocycles. The highest BCUT2D eigenvalue weighted by molar-refractivity contribution is 7.92. The molecular weight excluding hydrogens is 470 g/mol. The van der Waals surface area contributed by atoms with E-state index in [0.717, 1.165) is 29.5 Å². The van der Waals surface area contributed by atoms with E-state index < -0.39 is 35.5 Å². The van der Waals surface area contributed by atoms with Gasteiger partial charge in [0.2, 0.25) is 0 Å². The monoisotopic (exact) mass is 484 g/mol. The van der Waals surface area contributed by atoms with Crippen molar-refractivity contribution in [1.82, 2.24) is 4.72 Å². The number of para-hydroxylation sites is 1. The Bertz CT molecular complexity index is 1330. The molecular formula is C18H14FN2O7PS2. The molecule has 0 amide bonds. The van der Waals surface area contributed by atoms with Crippen molar-refractivity contribution in [3.05, 3.63) is 59.9 Å². The Hall–Kier alpha value is -2.94. The highest BCUT2D eigenvalue weighted by Crippen LogP contribution is 2.43. The number of rotatable bonds is 7. The van der Waals surface area contributed by atoms with Gasteiger partial charge in [0.15, 0.2) is 11.5 Å². The molecule has 0 saturated heterocycles. The molecule has 3 aromatic rings. The molecule has 3 rings (SSSR count). The van der Waals surface area contributed by atoms with Crippen molar-refractivity contribution >= 4 is 29.0 Å². The van der Waals surface area contributed by atoms with E-state index in [9.17, 15) is 32.5 Å². The predicted molar refractivity (Wildman–Crippen MR) is 110 cm³/mol. The lowest BCUT2D eigenvalue weighted by Gasteiger charge is -2.14. The number of nitrogens with one attached hydrogen (secondary N) is 1. The van der Waals surface area contributed by atoms with Gasteiger partial charge in [-0.2, -0.15) is 9.98 Å². The Morgan fingerprint density at radius 1 is 1.19 bits per heavy atom. The van der Waals surface area contributed by atoms with Crippen LogP contribution >= 0.6 is 18.9 Å². The maximum absolute atomic E-state index is 13.6. The average Bonchev–Trinajstić information content (AvgIpc) is 3.20. The molecule has 31 heavy (non-hydrogen) atoms. The number of hydrogen-bond acceptors (Lipinski definition) is 8. The van der Waals surface area contributed by atoms with Crippen LogP contribution in [-0.2, 0) is 14.6 Å². The van der Waals surface area contributed by atoms with Gasteiger partial charge in [0.05, 0.1) is 5.56 Å². The Morgan fingerprint density at radius 2 is 1.94 bits per heavy atom. The minimum atomic E-state index is -4.55. The fraction of sp³-hybridized carbons (Fsp3) is 0.0556. The summed E-state index contributed by atoms with van der Waals surface area (Å²) in [6.07, 6.45) is -0.998. The van der Waals surface area contributed by atoms with Gasteiger partial charge in [-0.1, -0.05) is 6.07 Å². The van der Waals surface area contributed by atoms with Crippen molar-refractivity contribution in [2.24, 2.45) is 0 Å². The van der Waals surface area contributed by atoms with Gasteiger partial charge >= 0.3 is 7.60 Å². The topological polar surface area (TPSA) is 157 Å². The zero-order valence-corrected chi connectivity index (χ0v) is 17.9. The van der Waals surface area contributed by atoms with Crippen LogP contribution in [0.25, 0.3) is 10.4 Å². The fourth-order valence-corrected chi connectivity index (χ4v) is 6.30. The standard InChI is InChI=1S/C18H14FN2O7PS2/c19-14-8-12(5-4-11(14)9-20)28-29(24,25)10-21-31(26,27)17-7-6-16(30-17)13-2-1-3-15(22)18(13)23/h1-8,21-23H,10H2,(H,24,25). The average molecular weight is 484 g/mol. The summed E-state index contributed by atoms with van der Waals surface area (Å²) in [4.78, 5) is 10.2. The molecule has 0 radical (unpaired) electrons. The quantitative estimate of drug-likeness (QED) is 0.294. The lowest BCUT2D eigenvalue weighted by molar-refractivity contribution is 0.377. The number of nitriles is 1. The van der Waals surface area contributed by atoms with Gasteiger partial charge in [0.25, 0.3) is 10.0 Å². The van der Waals surface area contributed by atoms with Crippen LogP contribution in [0.4, 0.5) is 4.39 Å². The van der Waals surface area contributed by atoms with Gasteiger partial charge in [-0.15, -0.1) is 11.3 Å². The molecule has 162 valence electrons. The van der Waals surface area contributed by atoms with Crippen molar-refractivity contribution in [3.8, 4) is 33.8 Å². The second-order valence-corrected chi connectivity index (χ2v) is 10.9. The maximum Gasteiger partial charge on any atom is 0.391 e. The molecule has 0 bridgehead atoms.